The van der Waals surface area contributed by atoms with E-state index in [0.29, 0.717) is 13.1 Å². The Morgan fingerprint density at radius 3 is 2.75 bits per heavy atom. The van der Waals surface area contributed by atoms with E-state index in [1.54, 1.807) is 0 Å². The van der Waals surface area contributed by atoms with E-state index in [2.05, 4.69) is 50.9 Å². The zero-order valence-electron chi connectivity index (χ0n) is 12.2. The van der Waals surface area contributed by atoms with Crippen LogP contribution in [0, 0.1) is 6.92 Å². The van der Waals surface area contributed by atoms with Crippen molar-refractivity contribution in [2.45, 2.75) is 13.0 Å². The third-order valence-electron chi connectivity index (χ3n) is 3.64. The minimum atomic E-state index is -0.345. The highest BCUT2D eigenvalue weighted by Crippen LogP contribution is 2.22. The van der Waals surface area contributed by atoms with Gasteiger partial charge in [0.25, 0.3) is 0 Å². The van der Waals surface area contributed by atoms with Gasteiger partial charge in [-0.25, -0.2) is 0 Å². The number of β-amino-alcohol motifs (C(OH)–C–C–N with tert-alkyl or cyclic N) is 1. The van der Waals surface area contributed by atoms with E-state index in [0.717, 1.165) is 36.5 Å². The number of morpholine rings is 1. The van der Waals surface area contributed by atoms with Crippen molar-refractivity contribution in [2.24, 2.45) is 0 Å². The minimum Gasteiger partial charge on any atom is -0.390 e. The zero-order chi connectivity index (χ0) is 14.5. The van der Waals surface area contributed by atoms with Gasteiger partial charge in [0.1, 0.15) is 0 Å². The van der Waals surface area contributed by atoms with Gasteiger partial charge in [-0.1, -0.05) is 15.9 Å². The van der Waals surface area contributed by atoms with Crippen molar-refractivity contribution in [1.82, 2.24) is 4.90 Å². The van der Waals surface area contributed by atoms with Gasteiger partial charge >= 0.3 is 0 Å². The molecule has 1 aromatic carbocycles. The first kappa shape index (κ1) is 15.8. The molecule has 5 heteroatoms. The van der Waals surface area contributed by atoms with Crippen molar-refractivity contribution in [3.8, 4) is 0 Å². The van der Waals surface area contributed by atoms with Crippen molar-refractivity contribution < 1.29 is 9.84 Å². The quantitative estimate of drug-likeness (QED) is 0.886. The average Bonchev–Trinajstić information content (AvgIpc) is 2.42. The monoisotopic (exact) mass is 342 g/mol. The van der Waals surface area contributed by atoms with Gasteiger partial charge in [-0.15, -0.1) is 0 Å². The van der Waals surface area contributed by atoms with E-state index in [9.17, 15) is 5.11 Å². The number of benzene rings is 1. The fraction of sp³-hybridized carbons (Fsp3) is 0.600. The molecule has 0 radical (unpaired) electrons. The molecule has 1 aliphatic rings. The Morgan fingerprint density at radius 2 is 2.10 bits per heavy atom. The smallest absolute Gasteiger partial charge is 0.0841 e. The molecule has 4 nitrogen and oxygen atoms in total. The summed E-state index contributed by atoms with van der Waals surface area (Å²) in [4.78, 5) is 4.36. The maximum absolute atomic E-state index is 10.2. The van der Waals surface area contributed by atoms with Crippen molar-refractivity contribution in [3.63, 3.8) is 0 Å². The van der Waals surface area contributed by atoms with Crippen LogP contribution in [-0.2, 0) is 4.74 Å². The van der Waals surface area contributed by atoms with E-state index < -0.39 is 0 Å². The molecule has 1 aliphatic heterocycles. The zero-order valence-corrected chi connectivity index (χ0v) is 13.8. The average molecular weight is 343 g/mol. The Balaban J connectivity index is 1.86. The van der Waals surface area contributed by atoms with Crippen molar-refractivity contribution in [3.05, 3.63) is 28.2 Å². The molecular formula is C15H23BrN2O2. The second-order valence-corrected chi connectivity index (χ2v) is 6.24. The molecule has 0 aromatic heterocycles. The molecule has 0 spiro atoms. The Hall–Kier alpha value is -0.620. The molecule has 0 bridgehead atoms. The normalized spacial score (nSPS) is 18.0. The second kappa shape index (κ2) is 7.41. The van der Waals surface area contributed by atoms with E-state index in [1.165, 1.54) is 5.56 Å². The van der Waals surface area contributed by atoms with Gasteiger partial charge in [0, 0.05) is 43.4 Å². The number of aryl methyl sites for hydroxylation is 1. The van der Waals surface area contributed by atoms with E-state index in [4.69, 9.17) is 4.74 Å². The summed E-state index contributed by atoms with van der Waals surface area (Å²) in [7, 11) is 2.02. The summed E-state index contributed by atoms with van der Waals surface area (Å²) < 4.78 is 6.43. The summed E-state index contributed by atoms with van der Waals surface area (Å²) >= 11 is 3.51. The van der Waals surface area contributed by atoms with Gasteiger partial charge in [-0.3, -0.25) is 4.90 Å². The molecule has 1 aromatic rings. The lowest BCUT2D eigenvalue weighted by molar-refractivity contribution is 0.0162. The fourth-order valence-electron chi connectivity index (χ4n) is 2.43. The van der Waals surface area contributed by atoms with Gasteiger partial charge in [0.2, 0.25) is 0 Å². The standard InChI is InChI=1S/C15H23BrN2O2/c1-12-9-13(3-4-15(12)16)17(2)10-14(19)11-18-5-7-20-8-6-18/h3-4,9,14,19H,5-8,10-11H2,1-2H3. The van der Waals surface area contributed by atoms with Crippen LogP contribution < -0.4 is 4.90 Å². The maximum Gasteiger partial charge on any atom is 0.0841 e. The summed E-state index contributed by atoms with van der Waals surface area (Å²) in [6.07, 6.45) is -0.345. The first-order valence-corrected chi connectivity index (χ1v) is 7.81. The summed E-state index contributed by atoms with van der Waals surface area (Å²) in [5, 5.41) is 10.2. The Kier molecular flexibility index (Phi) is 5.84. The molecule has 0 saturated carbocycles. The van der Waals surface area contributed by atoms with Crippen LogP contribution in [-0.4, -0.2) is 62.6 Å². The van der Waals surface area contributed by atoms with Crippen LogP contribution in [0.5, 0.6) is 0 Å². The number of ether oxygens (including phenoxy) is 1. The minimum absolute atomic E-state index is 0.345. The molecule has 2 rings (SSSR count). The van der Waals surface area contributed by atoms with Crippen molar-refractivity contribution >= 4 is 21.6 Å². The van der Waals surface area contributed by atoms with Gasteiger partial charge in [0.15, 0.2) is 0 Å². The first-order chi connectivity index (χ1) is 9.56. The fourth-order valence-corrected chi connectivity index (χ4v) is 2.67. The van der Waals surface area contributed by atoms with Gasteiger partial charge < -0.3 is 14.7 Å². The molecular weight excluding hydrogens is 320 g/mol. The molecule has 1 fully saturated rings. The predicted molar refractivity (Wildman–Crippen MR) is 85.4 cm³/mol. The third-order valence-corrected chi connectivity index (χ3v) is 4.53. The SMILES string of the molecule is Cc1cc(N(C)CC(O)CN2CCOCC2)ccc1Br. The topological polar surface area (TPSA) is 35.9 Å². The number of halogens is 1. The molecule has 1 atom stereocenters. The van der Waals surface area contributed by atoms with Gasteiger partial charge in [-0.2, -0.15) is 0 Å². The molecule has 1 saturated heterocycles. The largest absolute Gasteiger partial charge is 0.390 e. The number of aliphatic hydroxyl groups excluding tert-OH is 1. The first-order valence-electron chi connectivity index (χ1n) is 7.01. The number of aliphatic hydroxyl groups is 1. The van der Waals surface area contributed by atoms with Crippen molar-refractivity contribution in [1.29, 1.82) is 0 Å². The number of hydrogen-bond donors (Lipinski definition) is 1. The Morgan fingerprint density at radius 1 is 1.40 bits per heavy atom. The lowest BCUT2D eigenvalue weighted by Crippen LogP contribution is -2.44. The van der Waals surface area contributed by atoms with Crippen molar-refractivity contribution in [2.75, 3.05) is 51.3 Å². The molecule has 0 aliphatic carbocycles. The summed E-state index contributed by atoms with van der Waals surface area (Å²) in [5.74, 6) is 0. The van der Waals surface area contributed by atoms with Crippen LogP contribution in [0.15, 0.2) is 22.7 Å². The maximum atomic E-state index is 10.2. The number of anilines is 1. The predicted octanol–water partition coefficient (Wildman–Crippen LogP) is 1.89. The van der Waals surface area contributed by atoms with Crippen LogP contribution in [0.25, 0.3) is 0 Å². The number of hydrogen-bond acceptors (Lipinski definition) is 4. The molecule has 112 valence electrons. The molecule has 1 heterocycles. The van der Waals surface area contributed by atoms with Crippen LogP contribution in [0.1, 0.15) is 5.56 Å². The van der Waals surface area contributed by atoms with Crippen LogP contribution in [0.2, 0.25) is 0 Å². The van der Waals surface area contributed by atoms with Crippen LogP contribution >= 0.6 is 15.9 Å². The lowest BCUT2D eigenvalue weighted by atomic mass is 10.2. The Bertz CT molecular complexity index is 436. The molecule has 1 unspecified atom stereocenters. The third kappa shape index (κ3) is 4.45. The van der Waals surface area contributed by atoms with Crippen LogP contribution in [0.3, 0.4) is 0 Å². The number of nitrogens with zero attached hydrogens (tertiary/aromatic N) is 2. The summed E-state index contributed by atoms with van der Waals surface area (Å²) in [6, 6.07) is 6.25. The molecule has 0 amide bonds. The van der Waals surface area contributed by atoms with E-state index in [1.807, 2.05) is 7.05 Å². The van der Waals surface area contributed by atoms with Gasteiger partial charge in [0.05, 0.1) is 19.3 Å². The van der Waals surface area contributed by atoms with E-state index in [-0.39, 0.29) is 6.10 Å². The van der Waals surface area contributed by atoms with Crippen LogP contribution in [0.4, 0.5) is 5.69 Å². The lowest BCUT2D eigenvalue weighted by Gasteiger charge is -2.30. The molecule has 1 N–H and O–H groups in total. The number of likely N-dealkylation sites (N-methyl/N-ethyl adjacent to an activating group) is 1. The number of rotatable bonds is 5. The summed E-state index contributed by atoms with van der Waals surface area (Å²) in [5.41, 5.74) is 2.34. The highest BCUT2D eigenvalue weighted by atomic mass is 79.9. The highest BCUT2D eigenvalue weighted by molar-refractivity contribution is 9.10. The molecule has 20 heavy (non-hydrogen) atoms. The second-order valence-electron chi connectivity index (χ2n) is 5.38. The summed E-state index contributed by atoms with van der Waals surface area (Å²) in [6.45, 7) is 6.80. The Labute approximate surface area is 129 Å². The van der Waals surface area contributed by atoms with E-state index >= 15 is 0 Å². The highest BCUT2D eigenvalue weighted by Gasteiger charge is 2.16. The van der Waals surface area contributed by atoms with Gasteiger partial charge in [-0.05, 0) is 30.7 Å².